The van der Waals surface area contributed by atoms with E-state index in [1.807, 2.05) is 7.05 Å². The Morgan fingerprint density at radius 3 is 2.94 bits per heavy atom. The van der Waals surface area contributed by atoms with E-state index >= 15 is 0 Å². The second-order valence-corrected chi connectivity index (χ2v) is 5.12. The maximum absolute atomic E-state index is 5.72. The van der Waals surface area contributed by atoms with Crippen LogP contribution in [0.2, 0.25) is 0 Å². The molecule has 1 atom stereocenters. The van der Waals surface area contributed by atoms with Crippen LogP contribution in [-0.2, 0) is 4.74 Å². The molecule has 1 aliphatic heterocycles. The van der Waals surface area contributed by atoms with Gasteiger partial charge in [0.25, 0.3) is 0 Å². The standard InChI is InChI=1S/C13H16INO/c1-15-13(12-7-2-3-8-16-12)10-5-4-6-11(14)9-10/h4-7,9,13,15H,2-3,8H2,1H3. The number of allylic oxidation sites excluding steroid dienone is 1. The summed E-state index contributed by atoms with van der Waals surface area (Å²) in [5, 5.41) is 3.32. The molecule has 1 aliphatic rings. The molecule has 0 bridgehead atoms. The van der Waals surface area contributed by atoms with Gasteiger partial charge in [0.15, 0.2) is 0 Å². The summed E-state index contributed by atoms with van der Waals surface area (Å²) in [6.45, 7) is 0.841. The van der Waals surface area contributed by atoms with Crippen LogP contribution in [0.3, 0.4) is 0 Å². The molecule has 1 heterocycles. The van der Waals surface area contributed by atoms with Crippen LogP contribution < -0.4 is 5.32 Å². The Bertz CT molecular complexity index is 389. The van der Waals surface area contributed by atoms with Crippen LogP contribution in [-0.4, -0.2) is 13.7 Å². The lowest BCUT2D eigenvalue weighted by molar-refractivity contribution is 0.169. The van der Waals surface area contributed by atoms with Gasteiger partial charge in [0.2, 0.25) is 0 Å². The van der Waals surface area contributed by atoms with Gasteiger partial charge in [0.1, 0.15) is 5.76 Å². The van der Waals surface area contributed by atoms with Crippen LogP contribution in [0.4, 0.5) is 0 Å². The normalized spacial score (nSPS) is 17.5. The van der Waals surface area contributed by atoms with Gasteiger partial charge in [0.05, 0.1) is 12.6 Å². The van der Waals surface area contributed by atoms with E-state index in [0.29, 0.717) is 0 Å². The van der Waals surface area contributed by atoms with Gasteiger partial charge in [-0.1, -0.05) is 12.1 Å². The van der Waals surface area contributed by atoms with Gasteiger partial charge < -0.3 is 10.1 Å². The van der Waals surface area contributed by atoms with Crippen molar-refractivity contribution in [2.75, 3.05) is 13.7 Å². The highest BCUT2D eigenvalue weighted by atomic mass is 127. The molecule has 0 spiro atoms. The second kappa shape index (κ2) is 5.68. The molecule has 1 aromatic rings. The van der Waals surface area contributed by atoms with E-state index in [1.54, 1.807) is 0 Å². The Balaban J connectivity index is 2.25. The lowest BCUT2D eigenvalue weighted by atomic mass is 10.0. The number of nitrogens with one attached hydrogen (secondary N) is 1. The SMILES string of the molecule is CNC(C1=CCCCO1)c1cccc(I)c1. The lowest BCUT2D eigenvalue weighted by Crippen LogP contribution is -2.22. The summed E-state index contributed by atoms with van der Waals surface area (Å²) in [5.41, 5.74) is 1.27. The zero-order chi connectivity index (χ0) is 11.4. The van der Waals surface area contributed by atoms with Crippen LogP contribution in [0.5, 0.6) is 0 Å². The third kappa shape index (κ3) is 2.77. The summed E-state index contributed by atoms with van der Waals surface area (Å²) < 4.78 is 6.98. The molecule has 0 aromatic heterocycles. The minimum absolute atomic E-state index is 0.190. The lowest BCUT2D eigenvalue weighted by Gasteiger charge is -2.23. The summed E-state index contributed by atoms with van der Waals surface area (Å²) in [5.74, 6) is 1.07. The Hall–Kier alpha value is -0.550. The Kier molecular flexibility index (Phi) is 4.23. The molecule has 86 valence electrons. The van der Waals surface area contributed by atoms with Crippen molar-refractivity contribution in [3.63, 3.8) is 0 Å². The molecule has 0 fully saturated rings. The van der Waals surface area contributed by atoms with Crippen molar-refractivity contribution in [3.05, 3.63) is 45.2 Å². The number of halogens is 1. The predicted molar refractivity (Wildman–Crippen MR) is 74.2 cm³/mol. The molecule has 0 aliphatic carbocycles. The molecule has 2 rings (SSSR count). The van der Waals surface area contributed by atoms with Crippen molar-refractivity contribution in [2.45, 2.75) is 18.9 Å². The van der Waals surface area contributed by atoms with Crippen molar-refractivity contribution in [3.8, 4) is 0 Å². The molecule has 1 N–H and O–H groups in total. The minimum Gasteiger partial charge on any atom is -0.496 e. The number of rotatable bonds is 3. The average Bonchev–Trinajstić information content (AvgIpc) is 2.31. The molecule has 0 amide bonds. The summed E-state index contributed by atoms with van der Waals surface area (Å²) in [4.78, 5) is 0. The largest absolute Gasteiger partial charge is 0.496 e. The van der Waals surface area contributed by atoms with Crippen molar-refractivity contribution in [1.82, 2.24) is 5.32 Å². The fourth-order valence-corrected chi connectivity index (χ4v) is 2.50. The predicted octanol–water partition coefficient (Wildman–Crippen LogP) is 3.25. The zero-order valence-corrected chi connectivity index (χ0v) is 11.5. The maximum Gasteiger partial charge on any atom is 0.113 e. The van der Waals surface area contributed by atoms with Crippen molar-refractivity contribution in [1.29, 1.82) is 0 Å². The Morgan fingerprint density at radius 2 is 2.31 bits per heavy atom. The van der Waals surface area contributed by atoms with Gasteiger partial charge >= 0.3 is 0 Å². The first-order chi connectivity index (χ1) is 7.81. The fourth-order valence-electron chi connectivity index (χ4n) is 1.94. The molecular weight excluding hydrogens is 313 g/mol. The summed E-state index contributed by atoms with van der Waals surface area (Å²) in [6, 6.07) is 8.72. The number of ether oxygens (including phenoxy) is 1. The molecule has 0 saturated heterocycles. The first-order valence-electron chi connectivity index (χ1n) is 5.57. The van der Waals surface area contributed by atoms with Crippen molar-refractivity contribution in [2.24, 2.45) is 0 Å². The maximum atomic E-state index is 5.72. The van der Waals surface area contributed by atoms with Crippen molar-refractivity contribution >= 4 is 22.6 Å². The second-order valence-electron chi connectivity index (χ2n) is 3.87. The monoisotopic (exact) mass is 329 g/mol. The highest BCUT2D eigenvalue weighted by Crippen LogP contribution is 2.26. The Morgan fingerprint density at radius 1 is 1.44 bits per heavy atom. The van der Waals surface area contributed by atoms with Crippen LogP contribution >= 0.6 is 22.6 Å². The quantitative estimate of drug-likeness (QED) is 0.860. The van der Waals surface area contributed by atoms with Crippen LogP contribution in [0.25, 0.3) is 0 Å². The highest BCUT2D eigenvalue weighted by molar-refractivity contribution is 14.1. The first-order valence-corrected chi connectivity index (χ1v) is 6.64. The summed E-state index contributed by atoms with van der Waals surface area (Å²) in [6.07, 6.45) is 4.45. The Labute approximate surface area is 110 Å². The van der Waals surface area contributed by atoms with Gasteiger partial charge in [-0.3, -0.25) is 0 Å². The number of hydrogen-bond donors (Lipinski definition) is 1. The van der Waals surface area contributed by atoms with Crippen LogP contribution in [0.15, 0.2) is 36.1 Å². The van der Waals surface area contributed by atoms with E-state index in [2.05, 4.69) is 58.2 Å². The van der Waals surface area contributed by atoms with Gasteiger partial charge in [-0.15, -0.1) is 0 Å². The molecule has 0 radical (unpaired) electrons. The molecule has 16 heavy (non-hydrogen) atoms. The summed E-state index contributed by atoms with van der Waals surface area (Å²) in [7, 11) is 1.98. The van der Waals surface area contributed by atoms with Crippen LogP contribution in [0.1, 0.15) is 24.4 Å². The first kappa shape index (κ1) is 11.9. The third-order valence-electron chi connectivity index (χ3n) is 2.72. The van der Waals surface area contributed by atoms with Crippen molar-refractivity contribution < 1.29 is 4.74 Å². The third-order valence-corrected chi connectivity index (χ3v) is 3.39. The number of benzene rings is 1. The van der Waals surface area contributed by atoms with Crippen LogP contribution in [0, 0.1) is 3.57 Å². The fraction of sp³-hybridized carbons (Fsp3) is 0.385. The molecule has 2 nitrogen and oxygen atoms in total. The highest BCUT2D eigenvalue weighted by Gasteiger charge is 2.17. The van der Waals surface area contributed by atoms with E-state index in [1.165, 1.54) is 9.13 Å². The molecule has 3 heteroatoms. The van der Waals surface area contributed by atoms with E-state index < -0.39 is 0 Å². The van der Waals surface area contributed by atoms with E-state index in [9.17, 15) is 0 Å². The molecule has 1 aromatic carbocycles. The smallest absolute Gasteiger partial charge is 0.113 e. The molecule has 1 unspecified atom stereocenters. The van der Waals surface area contributed by atoms with E-state index in [-0.39, 0.29) is 6.04 Å². The average molecular weight is 329 g/mol. The van der Waals surface area contributed by atoms with E-state index in [4.69, 9.17) is 4.74 Å². The minimum atomic E-state index is 0.190. The van der Waals surface area contributed by atoms with E-state index in [0.717, 1.165) is 25.2 Å². The number of likely N-dealkylation sites (N-methyl/N-ethyl adjacent to an activating group) is 1. The van der Waals surface area contributed by atoms with Gasteiger partial charge in [0, 0.05) is 3.57 Å². The van der Waals surface area contributed by atoms with Gasteiger partial charge in [-0.2, -0.15) is 0 Å². The molecule has 0 saturated carbocycles. The molecular formula is C13H16INO. The van der Waals surface area contributed by atoms with Gasteiger partial charge in [-0.25, -0.2) is 0 Å². The van der Waals surface area contributed by atoms with Gasteiger partial charge in [-0.05, 0) is 66.3 Å². The zero-order valence-electron chi connectivity index (χ0n) is 9.37. The number of hydrogen-bond acceptors (Lipinski definition) is 2. The topological polar surface area (TPSA) is 21.3 Å². The summed E-state index contributed by atoms with van der Waals surface area (Å²) >= 11 is 2.34.